The lowest BCUT2D eigenvalue weighted by Crippen LogP contribution is -2.04. The molecule has 0 saturated carbocycles. The van der Waals surface area contributed by atoms with Crippen LogP contribution in [0.15, 0.2) is 53.9 Å². The van der Waals surface area contributed by atoms with Crippen molar-refractivity contribution in [1.82, 2.24) is 15.0 Å². The lowest BCUT2D eigenvalue weighted by Gasteiger charge is -2.11. The maximum absolute atomic E-state index is 5.87. The van der Waals surface area contributed by atoms with E-state index in [0.717, 1.165) is 32.7 Å². The van der Waals surface area contributed by atoms with E-state index in [1.807, 2.05) is 36.6 Å². The Morgan fingerprint density at radius 1 is 1.04 bits per heavy atom. The van der Waals surface area contributed by atoms with Gasteiger partial charge in [-0.3, -0.25) is 0 Å². The average molecular weight is 348 g/mol. The van der Waals surface area contributed by atoms with Gasteiger partial charge < -0.3 is 10.5 Å². The van der Waals surface area contributed by atoms with Gasteiger partial charge >= 0.3 is 0 Å². The molecule has 0 aliphatic carbocycles. The molecular weight excluding hydrogens is 332 g/mol. The van der Waals surface area contributed by atoms with E-state index in [1.54, 1.807) is 17.4 Å². The van der Waals surface area contributed by atoms with E-state index < -0.39 is 0 Å². The van der Waals surface area contributed by atoms with Crippen molar-refractivity contribution >= 4 is 27.5 Å². The topological polar surface area (TPSA) is 73.9 Å². The first-order valence-electron chi connectivity index (χ1n) is 7.85. The Morgan fingerprint density at radius 3 is 2.68 bits per heavy atom. The third-order valence-corrected chi connectivity index (χ3v) is 4.64. The van der Waals surface area contributed by atoms with Crippen molar-refractivity contribution in [2.75, 3.05) is 5.73 Å². The lowest BCUT2D eigenvalue weighted by molar-refractivity contribution is 0.294. The van der Waals surface area contributed by atoms with Crippen LogP contribution >= 0.6 is 11.3 Å². The van der Waals surface area contributed by atoms with E-state index in [1.165, 1.54) is 0 Å². The van der Waals surface area contributed by atoms with Crippen molar-refractivity contribution in [2.45, 2.75) is 13.5 Å². The molecule has 0 fully saturated rings. The Balaban J connectivity index is 1.72. The maximum Gasteiger partial charge on any atom is 0.223 e. The number of anilines is 1. The van der Waals surface area contributed by atoms with Crippen molar-refractivity contribution in [1.29, 1.82) is 0 Å². The molecule has 4 aromatic rings. The zero-order valence-electron chi connectivity index (χ0n) is 13.6. The smallest absolute Gasteiger partial charge is 0.223 e. The molecule has 25 heavy (non-hydrogen) atoms. The zero-order valence-corrected chi connectivity index (χ0v) is 14.5. The summed E-state index contributed by atoms with van der Waals surface area (Å²) in [6.07, 6.45) is 0. The standard InChI is InChI=1S/C19H16N4OS/c1-12-9-17(23-19(20)21-12)24-11-14-10-16-15(7-8-25-16)22-18(14)13-5-3-2-4-6-13/h2-10H,11H2,1H3,(H2,20,21,23). The summed E-state index contributed by atoms with van der Waals surface area (Å²) in [5.74, 6) is 0.681. The van der Waals surface area contributed by atoms with Crippen molar-refractivity contribution in [2.24, 2.45) is 0 Å². The molecule has 0 saturated heterocycles. The van der Waals surface area contributed by atoms with Crippen molar-refractivity contribution in [3.05, 3.63) is 65.2 Å². The Bertz CT molecular complexity index is 1010. The fourth-order valence-electron chi connectivity index (χ4n) is 2.68. The number of nitrogen functional groups attached to an aromatic ring is 1. The second-order valence-corrected chi connectivity index (χ2v) is 6.61. The van der Waals surface area contributed by atoms with Gasteiger partial charge in [-0.1, -0.05) is 30.3 Å². The summed E-state index contributed by atoms with van der Waals surface area (Å²) in [4.78, 5) is 13.0. The first kappa shape index (κ1) is 15.5. The minimum Gasteiger partial charge on any atom is -0.473 e. The van der Waals surface area contributed by atoms with Gasteiger partial charge in [0.25, 0.3) is 0 Å². The van der Waals surface area contributed by atoms with E-state index in [-0.39, 0.29) is 5.95 Å². The van der Waals surface area contributed by atoms with Gasteiger partial charge in [0.1, 0.15) is 6.61 Å². The molecular formula is C19H16N4OS. The molecule has 0 amide bonds. The second kappa shape index (κ2) is 6.49. The number of rotatable bonds is 4. The third-order valence-electron chi connectivity index (χ3n) is 3.79. The maximum atomic E-state index is 5.87. The quantitative estimate of drug-likeness (QED) is 0.597. The Hall–Kier alpha value is -2.99. The van der Waals surface area contributed by atoms with Gasteiger partial charge in [-0.2, -0.15) is 4.98 Å². The monoisotopic (exact) mass is 348 g/mol. The highest BCUT2D eigenvalue weighted by Crippen LogP contribution is 2.29. The second-order valence-electron chi connectivity index (χ2n) is 5.66. The van der Waals surface area contributed by atoms with Gasteiger partial charge in [-0.05, 0) is 24.4 Å². The van der Waals surface area contributed by atoms with Crippen LogP contribution in [0.25, 0.3) is 21.5 Å². The number of fused-ring (bicyclic) bond motifs is 1. The third kappa shape index (κ3) is 3.29. The van der Waals surface area contributed by atoms with Crippen LogP contribution in [0.5, 0.6) is 5.88 Å². The molecule has 4 rings (SSSR count). The number of nitrogens with zero attached hydrogens (tertiary/aromatic N) is 3. The SMILES string of the molecule is Cc1cc(OCc2cc3sccc3nc2-c2ccccc2)nc(N)n1. The number of hydrogen-bond acceptors (Lipinski definition) is 6. The van der Waals surface area contributed by atoms with Crippen LogP contribution in [0.3, 0.4) is 0 Å². The Kier molecular flexibility index (Phi) is 4.03. The molecule has 0 bridgehead atoms. The lowest BCUT2D eigenvalue weighted by atomic mass is 10.1. The fraction of sp³-hybridized carbons (Fsp3) is 0.105. The summed E-state index contributed by atoms with van der Waals surface area (Å²) in [7, 11) is 0. The van der Waals surface area contributed by atoms with E-state index >= 15 is 0 Å². The molecule has 0 spiro atoms. The van der Waals surface area contributed by atoms with Gasteiger partial charge in [0.05, 0.1) is 15.9 Å². The first-order valence-corrected chi connectivity index (χ1v) is 8.73. The largest absolute Gasteiger partial charge is 0.473 e. The molecule has 0 aliphatic heterocycles. The first-order chi connectivity index (χ1) is 12.2. The highest BCUT2D eigenvalue weighted by atomic mass is 32.1. The van der Waals surface area contributed by atoms with Crippen molar-refractivity contribution in [3.63, 3.8) is 0 Å². The molecule has 0 radical (unpaired) electrons. The van der Waals surface area contributed by atoms with Crippen LogP contribution in [0.2, 0.25) is 0 Å². The molecule has 0 aliphatic rings. The van der Waals surface area contributed by atoms with Crippen LogP contribution in [0.4, 0.5) is 5.95 Å². The normalized spacial score (nSPS) is 10.9. The molecule has 1 aromatic carbocycles. The fourth-order valence-corrected chi connectivity index (χ4v) is 3.47. The van der Waals surface area contributed by atoms with Gasteiger partial charge in [0, 0.05) is 22.9 Å². The predicted molar refractivity (Wildman–Crippen MR) is 101 cm³/mol. The van der Waals surface area contributed by atoms with Crippen molar-refractivity contribution in [3.8, 4) is 17.1 Å². The van der Waals surface area contributed by atoms with Crippen molar-refractivity contribution < 1.29 is 4.74 Å². The van der Waals surface area contributed by atoms with E-state index in [9.17, 15) is 0 Å². The molecule has 6 heteroatoms. The number of ether oxygens (including phenoxy) is 1. The van der Waals surface area contributed by atoms with Crippen LogP contribution < -0.4 is 10.5 Å². The molecule has 3 heterocycles. The van der Waals surface area contributed by atoms with E-state index in [2.05, 4.69) is 28.2 Å². The van der Waals surface area contributed by atoms with Gasteiger partial charge in [-0.25, -0.2) is 9.97 Å². The zero-order chi connectivity index (χ0) is 17.2. The molecule has 5 nitrogen and oxygen atoms in total. The highest BCUT2D eigenvalue weighted by Gasteiger charge is 2.11. The highest BCUT2D eigenvalue weighted by molar-refractivity contribution is 7.17. The van der Waals surface area contributed by atoms with Gasteiger partial charge in [-0.15, -0.1) is 11.3 Å². The molecule has 2 N–H and O–H groups in total. The van der Waals surface area contributed by atoms with Gasteiger partial charge in [0.15, 0.2) is 0 Å². The van der Waals surface area contributed by atoms with Gasteiger partial charge in [0.2, 0.25) is 11.8 Å². The van der Waals surface area contributed by atoms with Crippen LogP contribution in [-0.2, 0) is 6.61 Å². The van der Waals surface area contributed by atoms with E-state index in [4.69, 9.17) is 15.5 Å². The van der Waals surface area contributed by atoms with Crippen LogP contribution in [0.1, 0.15) is 11.3 Å². The minimum absolute atomic E-state index is 0.213. The molecule has 3 aromatic heterocycles. The summed E-state index contributed by atoms with van der Waals surface area (Å²) in [6, 6.07) is 16.1. The Labute approximate surface area is 149 Å². The summed E-state index contributed by atoms with van der Waals surface area (Å²) < 4.78 is 7.01. The summed E-state index contributed by atoms with van der Waals surface area (Å²) >= 11 is 1.67. The predicted octanol–water partition coefficient (Wildman–Crippen LogP) is 4.22. The number of benzene rings is 1. The van der Waals surface area contributed by atoms with E-state index in [0.29, 0.717) is 12.5 Å². The summed E-state index contributed by atoms with van der Waals surface area (Å²) in [6.45, 7) is 2.22. The number of nitrogens with two attached hydrogens (primary N) is 1. The summed E-state index contributed by atoms with van der Waals surface area (Å²) in [5.41, 5.74) is 10.5. The molecule has 0 atom stereocenters. The minimum atomic E-state index is 0.213. The van der Waals surface area contributed by atoms with Crippen LogP contribution in [-0.4, -0.2) is 15.0 Å². The molecule has 124 valence electrons. The van der Waals surface area contributed by atoms with Crippen LogP contribution in [0, 0.1) is 6.92 Å². The number of pyridine rings is 1. The number of aromatic nitrogens is 3. The number of hydrogen-bond donors (Lipinski definition) is 1. The number of aryl methyl sites for hydroxylation is 1. The average Bonchev–Trinajstić information content (AvgIpc) is 3.06. The summed E-state index contributed by atoms with van der Waals surface area (Å²) in [5, 5.41) is 2.05. The Morgan fingerprint density at radius 2 is 1.88 bits per heavy atom. The molecule has 0 unspecified atom stereocenters. The number of thiophene rings is 1.